The van der Waals surface area contributed by atoms with Crippen molar-refractivity contribution in [2.45, 2.75) is 26.2 Å². The molecule has 0 amide bonds. The minimum atomic E-state index is -0.309. The first-order valence-corrected chi connectivity index (χ1v) is 9.55. The second kappa shape index (κ2) is 7.47. The summed E-state index contributed by atoms with van der Waals surface area (Å²) in [5.41, 5.74) is 9.48. The fourth-order valence-electron chi connectivity index (χ4n) is 3.35. The van der Waals surface area contributed by atoms with Gasteiger partial charge in [0.15, 0.2) is 11.6 Å². The first-order valence-electron chi connectivity index (χ1n) is 9.55. The van der Waals surface area contributed by atoms with E-state index in [2.05, 4.69) is 5.10 Å². The molecular weight excluding hydrogens is 366 g/mol. The van der Waals surface area contributed by atoms with Crippen LogP contribution < -0.4 is 5.73 Å². The third-order valence-electron chi connectivity index (χ3n) is 5.27. The van der Waals surface area contributed by atoms with E-state index in [4.69, 9.17) is 5.73 Å². The van der Waals surface area contributed by atoms with Crippen LogP contribution in [0.1, 0.15) is 61.5 Å². The van der Waals surface area contributed by atoms with Gasteiger partial charge in [0.1, 0.15) is 12.1 Å². The Hall–Kier alpha value is -3.54. The number of anilines is 1. The molecule has 2 N–H and O–H groups in total. The molecule has 0 radical (unpaired) electrons. The highest BCUT2D eigenvalue weighted by Gasteiger charge is 2.25. The number of hydrogen-bond donors (Lipinski definition) is 1. The minimum Gasteiger partial charge on any atom is -0.383 e. The molecule has 1 aliphatic rings. The van der Waals surface area contributed by atoms with E-state index in [0.29, 0.717) is 41.0 Å². The number of hydrogen-bond acceptors (Lipinski definition) is 5. The Morgan fingerprint density at radius 3 is 2.69 bits per heavy atom. The summed E-state index contributed by atoms with van der Waals surface area (Å²) in [5.74, 6) is 0.507. The van der Waals surface area contributed by atoms with Crippen LogP contribution in [-0.2, 0) is 0 Å². The molecule has 29 heavy (non-hydrogen) atoms. The van der Waals surface area contributed by atoms with E-state index >= 15 is 0 Å². The molecule has 4 rings (SSSR count). The van der Waals surface area contributed by atoms with Crippen molar-refractivity contribution in [2.75, 3.05) is 5.73 Å². The van der Waals surface area contributed by atoms with E-state index in [1.165, 1.54) is 16.9 Å². The molecule has 1 aliphatic carbocycles. The van der Waals surface area contributed by atoms with Gasteiger partial charge in [-0.05, 0) is 43.4 Å². The second-order valence-corrected chi connectivity index (χ2v) is 7.50. The van der Waals surface area contributed by atoms with Gasteiger partial charge in [0, 0.05) is 23.1 Å². The summed E-state index contributed by atoms with van der Waals surface area (Å²) in [6, 6.07) is 11.9. The van der Waals surface area contributed by atoms with Gasteiger partial charge in [0.25, 0.3) is 0 Å². The van der Waals surface area contributed by atoms with Gasteiger partial charge in [0.2, 0.25) is 0 Å². The fourth-order valence-corrected chi connectivity index (χ4v) is 3.35. The lowest BCUT2D eigenvalue weighted by Crippen LogP contribution is -2.09. The van der Waals surface area contributed by atoms with Gasteiger partial charge in [0.05, 0.1) is 17.4 Å². The van der Waals surface area contributed by atoms with Crippen molar-refractivity contribution >= 4 is 23.7 Å². The summed E-state index contributed by atoms with van der Waals surface area (Å²) in [5, 5.41) is 4.30. The minimum absolute atomic E-state index is 0.112. The number of carbonyl (C=O) groups excluding carboxylic acids is 3. The number of aromatic nitrogens is 2. The molecule has 0 aliphatic heterocycles. The van der Waals surface area contributed by atoms with Crippen molar-refractivity contribution in [1.29, 1.82) is 0 Å². The van der Waals surface area contributed by atoms with Gasteiger partial charge in [-0.25, -0.2) is 4.68 Å². The lowest BCUT2D eigenvalue weighted by Gasteiger charge is -2.11. The predicted octanol–water partition coefficient (Wildman–Crippen LogP) is 3.79. The van der Waals surface area contributed by atoms with E-state index in [9.17, 15) is 14.4 Å². The average molecular weight is 387 g/mol. The maximum absolute atomic E-state index is 12.9. The number of carbonyl (C=O) groups is 3. The van der Waals surface area contributed by atoms with Crippen molar-refractivity contribution < 1.29 is 14.4 Å². The van der Waals surface area contributed by atoms with Crippen molar-refractivity contribution in [3.63, 3.8) is 0 Å². The van der Waals surface area contributed by atoms with Crippen molar-refractivity contribution in [3.8, 4) is 5.69 Å². The third-order valence-corrected chi connectivity index (χ3v) is 5.27. The maximum Gasteiger partial charge on any atom is 0.198 e. The van der Waals surface area contributed by atoms with Crippen LogP contribution in [0.2, 0.25) is 0 Å². The molecule has 1 heterocycles. The number of Topliss-reactive ketones (excluding diaryl/α,β-unsaturated/α-hetero) is 1. The molecule has 0 spiro atoms. The molecule has 0 bridgehead atoms. The quantitative estimate of drug-likeness (QED) is 0.492. The number of benzene rings is 2. The third kappa shape index (κ3) is 3.74. The van der Waals surface area contributed by atoms with Crippen molar-refractivity contribution in [3.05, 3.63) is 76.5 Å². The van der Waals surface area contributed by atoms with Gasteiger partial charge in [-0.1, -0.05) is 30.3 Å². The predicted molar refractivity (Wildman–Crippen MR) is 110 cm³/mol. The highest BCUT2D eigenvalue weighted by Crippen LogP contribution is 2.34. The van der Waals surface area contributed by atoms with E-state index in [-0.39, 0.29) is 22.9 Å². The Morgan fingerprint density at radius 2 is 1.97 bits per heavy atom. The molecule has 0 saturated heterocycles. The van der Waals surface area contributed by atoms with Crippen LogP contribution in [-0.4, -0.2) is 27.6 Å². The summed E-state index contributed by atoms with van der Waals surface area (Å²) < 4.78 is 1.49. The summed E-state index contributed by atoms with van der Waals surface area (Å²) in [4.78, 5) is 36.3. The van der Waals surface area contributed by atoms with E-state index in [0.717, 1.165) is 18.4 Å². The molecule has 146 valence electrons. The van der Waals surface area contributed by atoms with E-state index < -0.39 is 0 Å². The maximum atomic E-state index is 12.9. The number of nitrogen functional groups attached to an aromatic ring is 1. The lowest BCUT2D eigenvalue weighted by atomic mass is 10.0. The highest BCUT2D eigenvalue weighted by atomic mass is 16.1. The molecule has 1 aromatic heterocycles. The molecular formula is C23H21N3O3. The topological polar surface area (TPSA) is 95.0 Å². The standard InChI is InChI=1S/C23H21N3O3/c1-14-5-8-17(21(28)10-15-6-7-15)11-20(14)26-23(24)19(12-25-26)22(29)18-4-2-3-16(9-18)13-27/h2-5,8-9,11-13,15H,6-7,10,24H2,1H3. The van der Waals surface area contributed by atoms with Crippen molar-refractivity contribution in [1.82, 2.24) is 9.78 Å². The van der Waals surface area contributed by atoms with Crippen LogP contribution in [0.4, 0.5) is 5.82 Å². The van der Waals surface area contributed by atoms with Crippen LogP contribution in [0, 0.1) is 12.8 Å². The fraction of sp³-hybridized carbons (Fsp3) is 0.217. The monoisotopic (exact) mass is 387 g/mol. The van der Waals surface area contributed by atoms with Crippen LogP contribution in [0.25, 0.3) is 5.69 Å². The number of nitrogens with two attached hydrogens (primary N) is 1. The number of aldehydes is 1. The van der Waals surface area contributed by atoms with E-state index in [1.54, 1.807) is 24.3 Å². The summed E-state index contributed by atoms with van der Waals surface area (Å²) >= 11 is 0. The van der Waals surface area contributed by atoms with Gasteiger partial charge < -0.3 is 5.73 Å². The molecule has 1 saturated carbocycles. The number of rotatable bonds is 7. The van der Waals surface area contributed by atoms with Gasteiger partial charge >= 0.3 is 0 Å². The Morgan fingerprint density at radius 1 is 1.17 bits per heavy atom. The van der Waals surface area contributed by atoms with E-state index in [1.807, 2.05) is 19.1 Å². The van der Waals surface area contributed by atoms with Crippen LogP contribution in [0.3, 0.4) is 0 Å². The first-order chi connectivity index (χ1) is 14.0. The molecule has 6 heteroatoms. The van der Waals surface area contributed by atoms with Gasteiger partial charge in [-0.15, -0.1) is 0 Å². The smallest absolute Gasteiger partial charge is 0.198 e. The molecule has 6 nitrogen and oxygen atoms in total. The number of ketones is 2. The van der Waals surface area contributed by atoms with Crippen molar-refractivity contribution in [2.24, 2.45) is 5.92 Å². The van der Waals surface area contributed by atoms with Gasteiger partial charge in [-0.2, -0.15) is 5.10 Å². The Bertz CT molecular complexity index is 1130. The molecule has 0 atom stereocenters. The second-order valence-electron chi connectivity index (χ2n) is 7.50. The molecule has 2 aromatic carbocycles. The number of nitrogens with zero attached hydrogens (tertiary/aromatic N) is 2. The Kier molecular flexibility index (Phi) is 4.84. The Labute approximate surface area is 168 Å². The average Bonchev–Trinajstić information content (AvgIpc) is 3.47. The molecule has 1 fully saturated rings. The lowest BCUT2D eigenvalue weighted by molar-refractivity contribution is 0.0974. The summed E-state index contributed by atoms with van der Waals surface area (Å²) in [6.07, 6.45) is 4.91. The normalized spacial score (nSPS) is 13.3. The Balaban J connectivity index is 1.68. The van der Waals surface area contributed by atoms with Crippen LogP contribution in [0.5, 0.6) is 0 Å². The van der Waals surface area contributed by atoms with Crippen LogP contribution in [0.15, 0.2) is 48.7 Å². The zero-order valence-corrected chi connectivity index (χ0v) is 16.1. The highest BCUT2D eigenvalue weighted by molar-refractivity contribution is 6.12. The zero-order chi connectivity index (χ0) is 20.5. The molecule has 3 aromatic rings. The SMILES string of the molecule is Cc1ccc(C(=O)CC2CC2)cc1-n1ncc(C(=O)c2cccc(C=O)c2)c1N. The summed E-state index contributed by atoms with van der Waals surface area (Å²) in [6.45, 7) is 1.90. The molecule has 0 unspecified atom stereocenters. The largest absolute Gasteiger partial charge is 0.383 e. The number of aryl methyl sites for hydroxylation is 1. The van der Waals surface area contributed by atoms with Crippen LogP contribution >= 0.6 is 0 Å². The first kappa shape index (κ1) is 18.8. The summed E-state index contributed by atoms with van der Waals surface area (Å²) in [7, 11) is 0. The zero-order valence-electron chi connectivity index (χ0n) is 16.1. The van der Waals surface area contributed by atoms with Gasteiger partial charge in [-0.3, -0.25) is 14.4 Å².